The van der Waals surface area contributed by atoms with Crippen LogP contribution in [0.1, 0.15) is 6.42 Å². The second kappa shape index (κ2) is 3.31. The van der Waals surface area contributed by atoms with Gasteiger partial charge in [0.05, 0.1) is 5.69 Å². The van der Waals surface area contributed by atoms with Crippen LogP contribution >= 0.6 is 11.6 Å². The number of amides is 1. The summed E-state index contributed by atoms with van der Waals surface area (Å²) in [5, 5.41) is 1.53. The van der Waals surface area contributed by atoms with Crippen LogP contribution in [0, 0.1) is 0 Å². The van der Waals surface area contributed by atoms with Gasteiger partial charge in [-0.15, -0.1) is 5.06 Å². The summed E-state index contributed by atoms with van der Waals surface area (Å²) < 4.78 is 0. The molecule has 1 aromatic carbocycles. The number of halogens is 1. The van der Waals surface area contributed by atoms with E-state index in [4.69, 9.17) is 16.4 Å². The summed E-state index contributed by atoms with van der Waals surface area (Å²) >= 11 is 5.67. The highest BCUT2D eigenvalue weighted by atomic mass is 35.5. The maximum Gasteiger partial charge on any atom is 0.342 e. The van der Waals surface area contributed by atoms with Crippen molar-refractivity contribution < 1.29 is 14.4 Å². The molecule has 0 bridgehead atoms. The van der Waals surface area contributed by atoms with Crippen molar-refractivity contribution in [2.75, 3.05) is 5.06 Å². The minimum Gasteiger partial charge on any atom is -0.333 e. The third-order valence-electron chi connectivity index (χ3n) is 1.78. The number of hydroxylamine groups is 1. The van der Waals surface area contributed by atoms with Gasteiger partial charge in [0.2, 0.25) is 0 Å². The lowest BCUT2D eigenvalue weighted by Crippen LogP contribution is -2.22. The molecule has 0 aromatic heterocycles. The van der Waals surface area contributed by atoms with Crippen LogP contribution < -0.4 is 5.06 Å². The van der Waals surface area contributed by atoms with Crippen LogP contribution in [0.2, 0.25) is 5.02 Å². The van der Waals surface area contributed by atoms with E-state index in [1.807, 2.05) is 0 Å². The van der Waals surface area contributed by atoms with Crippen molar-refractivity contribution >= 4 is 29.2 Å². The fraction of sp³-hybridized carbons (Fsp3) is 0.111. The molecular formula is C9H6ClNO3. The number of hydrogen-bond acceptors (Lipinski definition) is 3. The van der Waals surface area contributed by atoms with E-state index < -0.39 is 5.97 Å². The minimum atomic E-state index is -0.537. The zero-order valence-electron chi connectivity index (χ0n) is 7.07. The molecule has 0 unspecified atom stereocenters. The Labute approximate surface area is 85.0 Å². The van der Waals surface area contributed by atoms with Crippen molar-refractivity contribution in [1.82, 2.24) is 0 Å². The molecule has 1 aromatic rings. The Hall–Kier alpha value is -1.55. The van der Waals surface area contributed by atoms with E-state index in [0.717, 1.165) is 5.06 Å². The van der Waals surface area contributed by atoms with Gasteiger partial charge in [-0.3, -0.25) is 4.79 Å². The average molecular weight is 212 g/mol. The Balaban J connectivity index is 2.27. The highest BCUT2D eigenvalue weighted by Gasteiger charge is 2.30. The summed E-state index contributed by atoms with van der Waals surface area (Å²) in [5.41, 5.74) is 0.505. The minimum absolute atomic E-state index is 0.206. The Bertz CT molecular complexity index is 388. The molecule has 1 aliphatic heterocycles. The van der Waals surface area contributed by atoms with Crippen LogP contribution in [0.3, 0.4) is 0 Å². The van der Waals surface area contributed by atoms with E-state index in [-0.39, 0.29) is 12.3 Å². The second-order valence-electron chi connectivity index (χ2n) is 2.80. The van der Waals surface area contributed by atoms with Gasteiger partial charge >= 0.3 is 5.97 Å². The Morgan fingerprint density at radius 3 is 2.36 bits per heavy atom. The molecule has 1 aliphatic rings. The molecule has 0 spiro atoms. The summed E-state index contributed by atoms with van der Waals surface area (Å²) in [6, 6.07) is 6.46. The zero-order chi connectivity index (χ0) is 10.1. The third-order valence-corrected chi connectivity index (χ3v) is 2.03. The summed E-state index contributed by atoms with van der Waals surface area (Å²) in [6.45, 7) is 0. The van der Waals surface area contributed by atoms with Gasteiger partial charge in [-0.05, 0) is 24.3 Å². The number of anilines is 1. The van der Waals surface area contributed by atoms with Gasteiger partial charge in [0.1, 0.15) is 6.42 Å². The molecular weight excluding hydrogens is 206 g/mol. The SMILES string of the molecule is O=C1CC(=O)N(c2ccc(Cl)cc2)O1. The summed E-state index contributed by atoms with van der Waals surface area (Å²) in [5.74, 6) is -0.901. The zero-order valence-corrected chi connectivity index (χ0v) is 7.82. The normalized spacial score (nSPS) is 15.9. The first-order chi connectivity index (χ1) is 6.66. The van der Waals surface area contributed by atoms with E-state index >= 15 is 0 Å². The van der Waals surface area contributed by atoms with E-state index in [1.54, 1.807) is 24.3 Å². The van der Waals surface area contributed by atoms with E-state index in [9.17, 15) is 9.59 Å². The van der Waals surface area contributed by atoms with E-state index in [1.165, 1.54) is 0 Å². The van der Waals surface area contributed by atoms with Crippen molar-refractivity contribution in [3.8, 4) is 0 Å². The fourth-order valence-corrected chi connectivity index (χ4v) is 1.28. The number of hydrogen-bond donors (Lipinski definition) is 0. The predicted octanol–water partition coefficient (Wildman–Crippen LogP) is 1.53. The average Bonchev–Trinajstić information content (AvgIpc) is 2.47. The smallest absolute Gasteiger partial charge is 0.333 e. The Kier molecular flexibility index (Phi) is 2.13. The topological polar surface area (TPSA) is 46.6 Å². The lowest BCUT2D eigenvalue weighted by molar-refractivity contribution is -0.139. The van der Waals surface area contributed by atoms with Gasteiger partial charge in [0.25, 0.3) is 5.91 Å². The van der Waals surface area contributed by atoms with Gasteiger partial charge in [0.15, 0.2) is 0 Å². The number of nitrogens with zero attached hydrogens (tertiary/aromatic N) is 1. The first kappa shape index (κ1) is 9.02. The summed E-state index contributed by atoms with van der Waals surface area (Å²) in [6.07, 6.45) is -0.206. The quantitative estimate of drug-likeness (QED) is 0.662. The van der Waals surface area contributed by atoms with Crippen LogP contribution in [-0.2, 0) is 14.4 Å². The Morgan fingerprint density at radius 2 is 1.86 bits per heavy atom. The van der Waals surface area contributed by atoms with Crippen molar-refractivity contribution in [3.63, 3.8) is 0 Å². The molecule has 0 saturated carbocycles. The molecule has 0 N–H and O–H groups in total. The largest absolute Gasteiger partial charge is 0.342 e. The standard InChI is InChI=1S/C9H6ClNO3/c10-6-1-3-7(4-2-6)11-8(12)5-9(13)14-11/h1-4H,5H2. The molecule has 5 heteroatoms. The maximum atomic E-state index is 11.2. The molecule has 1 saturated heterocycles. The van der Waals surface area contributed by atoms with Crippen LogP contribution in [0.25, 0.3) is 0 Å². The van der Waals surface area contributed by atoms with Gasteiger partial charge in [-0.25, -0.2) is 4.79 Å². The molecule has 14 heavy (non-hydrogen) atoms. The number of rotatable bonds is 1. The van der Waals surface area contributed by atoms with Crippen LogP contribution in [0.15, 0.2) is 24.3 Å². The molecule has 2 rings (SSSR count). The van der Waals surface area contributed by atoms with Gasteiger partial charge < -0.3 is 4.84 Å². The third kappa shape index (κ3) is 1.56. The second-order valence-corrected chi connectivity index (χ2v) is 3.24. The van der Waals surface area contributed by atoms with Gasteiger partial charge in [-0.1, -0.05) is 11.6 Å². The molecule has 0 radical (unpaired) electrons. The number of benzene rings is 1. The molecule has 72 valence electrons. The van der Waals surface area contributed by atoms with E-state index in [0.29, 0.717) is 10.7 Å². The molecule has 1 amide bonds. The number of carbonyl (C=O) groups excluding carboxylic acids is 2. The predicted molar refractivity (Wildman–Crippen MR) is 49.6 cm³/mol. The maximum absolute atomic E-state index is 11.2. The molecule has 1 fully saturated rings. The highest BCUT2D eigenvalue weighted by molar-refractivity contribution is 6.30. The summed E-state index contributed by atoms with van der Waals surface area (Å²) in [7, 11) is 0. The molecule has 1 heterocycles. The molecule has 0 aliphatic carbocycles. The van der Waals surface area contributed by atoms with Gasteiger partial charge in [0, 0.05) is 5.02 Å². The van der Waals surface area contributed by atoms with Crippen LogP contribution in [0.5, 0.6) is 0 Å². The first-order valence-electron chi connectivity index (χ1n) is 3.96. The first-order valence-corrected chi connectivity index (χ1v) is 4.34. The monoisotopic (exact) mass is 211 g/mol. The van der Waals surface area contributed by atoms with Crippen molar-refractivity contribution in [2.24, 2.45) is 0 Å². The summed E-state index contributed by atoms with van der Waals surface area (Å²) in [4.78, 5) is 26.7. The Morgan fingerprint density at radius 1 is 1.21 bits per heavy atom. The fourth-order valence-electron chi connectivity index (χ4n) is 1.15. The van der Waals surface area contributed by atoms with Crippen LogP contribution in [0.4, 0.5) is 5.69 Å². The molecule has 0 atom stereocenters. The van der Waals surface area contributed by atoms with Gasteiger partial charge in [-0.2, -0.15) is 0 Å². The lowest BCUT2D eigenvalue weighted by Gasteiger charge is -2.12. The highest BCUT2D eigenvalue weighted by Crippen LogP contribution is 2.22. The lowest BCUT2D eigenvalue weighted by atomic mass is 10.3. The van der Waals surface area contributed by atoms with E-state index in [2.05, 4.69) is 0 Å². The number of carbonyl (C=O) groups is 2. The van der Waals surface area contributed by atoms with Crippen molar-refractivity contribution in [2.45, 2.75) is 6.42 Å². The molecule has 4 nitrogen and oxygen atoms in total. The van der Waals surface area contributed by atoms with Crippen molar-refractivity contribution in [3.05, 3.63) is 29.3 Å². The van der Waals surface area contributed by atoms with Crippen LogP contribution in [-0.4, -0.2) is 11.9 Å². The van der Waals surface area contributed by atoms with Crippen molar-refractivity contribution in [1.29, 1.82) is 0 Å².